The summed E-state index contributed by atoms with van der Waals surface area (Å²) in [6, 6.07) is 7.12. The van der Waals surface area contributed by atoms with Gasteiger partial charge in [0.2, 0.25) is 0 Å². The molecule has 4 rings (SSSR count). The molecule has 118 valence electrons. The van der Waals surface area contributed by atoms with Crippen molar-refractivity contribution in [2.24, 2.45) is 0 Å². The molecule has 1 aromatic heterocycles. The van der Waals surface area contributed by atoms with Crippen molar-refractivity contribution in [2.45, 2.75) is 19.8 Å². The maximum atomic E-state index is 15.0. The Morgan fingerprint density at radius 2 is 1.65 bits per heavy atom. The Morgan fingerprint density at radius 1 is 0.957 bits per heavy atom. The van der Waals surface area contributed by atoms with Crippen LogP contribution in [0.1, 0.15) is 18.4 Å². The molecule has 0 atom stereocenters. The molecule has 2 heterocycles. The quantitative estimate of drug-likeness (QED) is 0.477. The van der Waals surface area contributed by atoms with Crippen molar-refractivity contribution in [1.82, 2.24) is 4.98 Å². The summed E-state index contributed by atoms with van der Waals surface area (Å²) >= 11 is 0. The number of para-hydroxylation sites is 1. The lowest BCUT2D eigenvalue weighted by Crippen LogP contribution is -2.21. The number of rotatable bonds is 1. The first-order valence-electron chi connectivity index (χ1n) is 7.70. The van der Waals surface area contributed by atoms with Crippen LogP contribution in [0.2, 0.25) is 0 Å². The second-order valence-electron chi connectivity index (χ2n) is 5.96. The number of aryl methyl sites for hydroxylation is 1. The molecule has 1 aliphatic rings. The Hall–Kier alpha value is -2.30. The number of hydrogen-bond acceptors (Lipinski definition) is 2. The number of nitrogens with zero attached hydrogens (tertiary/aromatic N) is 2. The molecule has 23 heavy (non-hydrogen) atoms. The standard InChI is InChI=1S/C18H15F3N2/c1-10-11-6-2-3-7-12(11)22-17-13(10)14(19)15(20)18(16(17)21)23-8-4-5-9-23/h2-3,6-7H,4-5,8-9H2,1H3. The molecule has 0 bridgehead atoms. The minimum absolute atomic E-state index is 0.0679. The Balaban J connectivity index is 2.14. The van der Waals surface area contributed by atoms with E-state index in [0.29, 0.717) is 29.6 Å². The highest BCUT2D eigenvalue weighted by atomic mass is 19.2. The second-order valence-corrected chi connectivity index (χ2v) is 5.96. The number of hydrogen-bond donors (Lipinski definition) is 0. The number of fused-ring (bicyclic) bond motifs is 2. The summed E-state index contributed by atoms with van der Waals surface area (Å²) in [6.45, 7) is 2.74. The molecule has 2 aromatic carbocycles. The van der Waals surface area contributed by atoms with Gasteiger partial charge in [-0.1, -0.05) is 18.2 Å². The van der Waals surface area contributed by atoms with Crippen molar-refractivity contribution in [2.75, 3.05) is 18.0 Å². The third-order valence-electron chi connectivity index (χ3n) is 4.61. The fourth-order valence-electron chi connectivity index (χ4n) is 3.44. The van der Waals surface area contributed by atoms with E-state index in [1.807, 2.05) is 0 Å². The summed E-state index contributed by atoms with van der Waals surface area (Å²) in [5, 5.41) is 0.633. The zero-order valence-electron chi connectivity index (χ0n) is 12.7. The van der Waals surface area contributed by atoms with Crippen LogP contribution in [0.3, 0.4) is 0 Å². The van der Waals surface area contributed by atoms with Crippen LogP contribution in [0.5, 0.6) is 0 Å². The Kier molecular flexibility index (Phi) is 3.18. The molecule has 5 heteroatoms. The summed E-state index contributed by atoms with van der Waals surface area (Å²) in [5.74, 6) is -2.90. The third kappa shape index (κ3) is 1.99. The Bertz CT molecular complexity index is 931. The SMILES string of the molecule is Cc1c2ccccc2nc2c(F)c(N3CCCC3)c(F)c(F)c12. The fraction of sp³-hybridized carbons (Fsp3) is 0.278. The topological polar surface area (TPSA) is 16.1 Å². The largest absolute Gasteiger partial charge is 0.367 e. The van der Waals surface area contributed by atoms with Gasteiger partial charge >= 0.3 is 0 Å². The van der Waals surface area contributed by atoms with Crippen molar-refractivity contribution in [3.63, 3.8) is 0 Å². The fourth-order valence-corrected chi connectivity index (χ4v) is 3.44. The van der Waals surface area contributed by atoms with E-state index in [0.717, 1.165) is 12.8 Å². The minimum atomic E-state index is -1.11. The van der Waals surface area contributed by atoms with E-state index < -0.39 is 17.5 Å². The second kappa shape index (κ2) is 5.11. The first-order valence-corrected chi connectivity index (χ1v) is 7.70. The number of pyridine rings is 1. The molecule has 1 fully saturated rings. The van der Waals surface area contributed by atoms with Crippen molar-refractivity contribution >= 4 is 27.5 Å². The number of anilines is 1. The highest BCUT2D eigenvalue weighted by Gasteiger charge is 2.28. The molecule has 3 aromatic rings. The van der Waals surface area contributed by atoms with Crippen LogP contribution >= 0.6 is 0 Å². The Labute approximate surface area is 131 Å². The first kappa shape index (κ1) is 14.3. The van der Waals surface area contributed by atoms with Gasteiger partial charge in [0.05, 0.1) is 5.52 Å². The first-order chi connectivity index (χ1) is 11.1. The lowest BCUT2D eigenvalue weighted by atomic mass is 10.0. The van der Waals surface area contributed by atoms with Gasteiger partial charge in [0, 0.05) is 23.9 Å². The molecule has 0 spiro atoms. The molecule has 1 aliphatic heterocycles. The summed E-state index contributed by atoms with van der Waals surface area (Å²) in [7, 11) is 0. The van der Waals surface area contributed by atoms with Crippen LogP contribution in [0.15, 0.2) is 24.3 Å². The average molecular weight is 316 g/mol. The minimum Gasteiger partial charge on any atom is -0.367 e. The summed E-state index contributed by atoms with van der Waals surface area (Å²) in [5.41, 5.74) is 0.709. The van der Waals surface area contributed by atoms with Crippen LogP contribution in [-0.2, 0) is 0 Å². The Morgan fingerprint density at radius 3 is 2.39 bits per heavy atom. The summed E-state index contributed by atoms with van der Waals surface area (Å²) in [6.07, 6.45) is 1.70. The lowest BCUT2D eigenvalue weighted by Gasteiger charge is -2.21. The monoisotopic (exact) mass is 316 g/mol. The molecule has 0 N–H and O–H groups in total. The van der Waals surface area contributed by atoms with E-state index in [9.17, 15) is 13.2 Å². The maximum absolute atomic E-state index is 15.0. The number of benzene rings is 2. The zero-order chi connectivity index (χ0) is 16.1. The van der Waals surface area contributed by atoms with E-state index >= 15 is 0 Å². The van der Waals surface area contributed by atoms with Gasteiger partial charge in [-0.15, -0.1) is 0 Å². The van der Waals surface area contributed by atoms with E-state index in [1.54, 1.807) is 36.1 Å². The van der Waals surface area contributed by atoms with E-state index in [1.165, 1.54) is 0 Å². The zero-order valence-corrected chi connectivity index (χ0v) is 12.7. The molecule has 0 amide bonds. The van der Waals surface area contributed by atoms with Crippen molar-refractivity contribution in [3.8, 4) is 0 Å². The van der Waals surface area contributed by atoms with Gasteiger partial charge in [-0.25, -0.2) is 18.2 Å². The van der Waals surface area contributed by atoms with Gasteiger partial charge in [0.15, 0.2) is 17.5 Å². The summed E-state index contributed by atoms with van der Waals surface area (Å²) in [4.78, 5) is 5.83. The lowest BCUT2D eigenvalue weighted by molar-refractivity contribution is 0.503. The number of aromatic nitrogens is 1. The predicted octanol–water partition coefficient (Wildman–Crippen LogP) is 4.71. The van der Waals surface area contributed by atoms with E-state index in [4.69, 9.17) is 0 Å². The van der Waals surface area contributed by atoms with Gasteiger partial charge < -0.3 is 4.90 Å². The smallest absolute Gasteiger partial charge is 0.185 e. The van der Waals surface area contributed by atoms with E-state index in [-0.39, 0.29) is 16.6 Å². The predicted molar refractivity (Wildman–Crippen MR) is 85.3 cm³/mol. The molecule has 0 unspecified atom stereocenters. The van der Waals surface area contributed by atoms with Gasteiger partial charge in [0.25, 0.3) is 0 Å². The van der Waals surface area contributed by atoms with Crippen LogP contribution in [0, 0.1) is 24.4 Å². The van der Waals surface area contributed by atoms with Gasteiger partial charge in [-0.05, 0) is 31.4 Å². The molecular formula is C18H15F3N2. The highest BCUT2D eigenvalue weighted by molar-refractivity contribution is 5.99. The van der Waals surface area contributed by atoms with Crippen molar-refractivity contribution in [3.05, 3.63) is 47.3 Å². The molecule has 0 saturated carbocycles. The maximum Gasteiger partial charge on any atom is 0.185 e. The average Bonchev–Trinajstić information content (AvgIpc) is 3.07. The van der Waals surface area contributed by atoms with E-state index in [2.05, 4.69) is 4.98 Å². The molecule has 0 aliphatic carbocycles. The van der Waals surface area contributed by atoms with Crippen molar-refractivity contribution < 1.29 is 13.2 Å². The van der Waals surface area contributed by atoms with Gasteiger partial charge in [-0.3, -0.25) is 0 Å². The highest BCUT2D eigenvalue weighted by Crippen LogP contribution is 2.37. The molecule has 0 radical (unpaired) electrons. The van der Waals surface area contributed by atoms with Crippen LogP contribution < -0.4 is 4.90 Å². The van der Waals surface area contributed by atoms with Crippen molar-refractivity contribution in [1.29, 1.82) is 0 Å². The third-order valence-corrected chi connectivity index (χ3v) is 4.61. The van der Waals surface area contributed by atoms with Gasteiger partial charge in [-0.2, -0.15) is 0 Å². The van der Waals surface area contributed by atoms with Gasteiger partial charge in [0.1, 0.15) is 11.2 Å². The van der Waals surface area contributed by atoms with Crippen LogP contribution in [0.25, 0.3) is 21.8 Å². The molecule has 2 nitrogen and oxygen atoms in total. The summed E-state index contributed by atoms with van der Waals surface area (Å²) < 4.78 is 44.2. The van der Waals surface area contributed by atoms with Crippen LogP contribution in [-0.4, -0.2) is 18.1 Å². The number of halogens is 3. The molecular weight excluding hydrogens is 301 g/mol. The van der Waals surface area contributed by atoms with Crippen LogP contribution in [0.4, 0.5) is 18.9 Å². The normalized spacial score (nSPS) is 15.0. The molecule has 1 saturated heterocycles.